The summed E-state index contributed by atoms with van der Waals surface area (Å²) in [6.45, 7) is 12.0. The minimum atomic E-state index is 0.0677. The zero-order valence-corrected chi connectivity index (χ0v) is 11.1. The maximum Gasteiger partial charge on any atom is 0.0136 e. The summed E-state index contributed by atoms with van der Waals surface area (Å²) in [5.41, 5.74) is 7.98. The van der Waals surface area contributed by atoms with Crippen molar-refractivity contribution in [3.8, 4) is 0 Å². The molecule has 1 nitrogen and oxygen atoms in total. The minimum absolute atomic E-state index is 0.0677. The van der Waals surface area contributed by atoms with Gasteiger partial charge in [-0.2, -0.15) is 0 Å². The first-order chi connectivity index (χ1) is 6.54. The molecule has 2 aliphatic carbocycles. The molecule has 1 heteroatoms. The molecule has 2 unspecified atom stereocenters. The van der Waals surface area contributed by atoms with Gasteiger partial charge in [0.25, 0.3) is 0 Å². The molecule has 2 bridgehead atoms. The van der Waals surface area contributed by atoms with E-state index in [0.717, 1.165) is 0 Å². The van der Waals surface area contributed by atoms with Crippen molar-refractivity contribution in [2.45, 2.75) is 72.3 Å². The molecular weight excluding hydrogens is 182 g/mol. The fraction of sp³-hybridized carbons (Fsp3) is 1.00. The Hall–Kier alpha value is -0.0400. The zero-order valence-electron chi connectivity index (χ0n) is 11.1. The van der Waals surface area contributed by atoms with Gasteiger partial charge >= 0.3 is 0 Å². The molecule has 0 amide bonds. The van der Waals surface area contributed by atoms with E-state index in [4.69, 9.17) is 5.73 Å². The van der Waals surface area contributed by atoms with Gasteiger partial charge in [-0.15, -0.1) is 0 Å². The quantitative estimate of drug-likeness (QED) is 0.646. The highest BCUT2D eigenvalue weighted by atomic mass is 14.8. The highest BCUT2D eigenvalue weighted by Gasteiger charge is 2.54. The van der Waals surface area contributed by atoms with E-state index in [-0.39, 0.29) is 5.54 Å². The van der Waals surface area contributed by atoms with Gasteiger partial charge in [0, 0.05) is 5.54 Å². The summed E-state index contributed by atoms with van der Waals surface area (Å²) in [5, 5.41) is 0. The fourth-order valence-corrected chi connectivity index (χ4v) is 5.79. The molecule has 0 aromatic heterocycles. The van der Waals surface area contributed by atoms with E-state index in [9.17, 15) is 0 Å². The van der Waals surface area contributed by atoms with Crippen molar-refractivity contribution < 1.29 is 0 Å². The minimum Gasteiger partial charge on any atom is -0.325 e. The van der Waals surface area contributed by atoms with Crippen LogP contribution in [0.15, 0.2) is 0 Å². The number of hydrogen-bond acceptors (Lipinski definition) is 1. The summed E-state index contributed by atoms with van der Waals surface area (Å²) in [6.07, 6.45) is 6.50. The number of hydrogen-bond donors (Lipinski definition) is 1. The molecule has 2 atom stereocenters. The predicted molar refractivity (Wildman–Crippen MR) is 65.7 cm³/mol. The average molecular weight is 209 g/mol. The van der Waals surface area contributed by atoms with Gasteiger partial charge < -0.3 is 5.73 Å². The topological polar surface area (TPSA) is 26.0 Å². The Bertz CT molecular complexity index is 220. The van der Waals surface area contributed by atoms with Crippen LogP contribution in [0.3, 0.4) is 0 Å². The van der Waals surface area contributed by atoms with Crippen LogP contribution in [0.25, 0.3) is 0 Å². The third kappa shape index (κ3) is 2.22. The van der Waals surface area contributed by atoms with Gasteiger partial charge in [0.2, 0.25) is 0 Å². The van der Waals surface area contributed by atoms with Crippen LogP contribution in [0, 0.1) is 16.2 Å². The largest absolute Gasteiger partial charge is 0.325 e. The summed E-state index contributed by atoms with van der Waals surface area (Å²) < 4.78 is 0. The fourth-order valence-electron chi connectivity index (χ4n) is 5.79. The van der Waals surface area contributed by atoms with E-state index in [1.807, 2.05) is 0 Å². The first-order valence-corrected chi connectivity index (χ1v) is 6.32. The van der Waals surface area contributed by atoms with E-state index in [1.54, 1.807) is 0 Å². The highest BCUT2D eigenvalue weighted by Crippen LogP contribution is 2.62. The monoisotopic (exact) mass is 209 g/mol. The zero-order chi connectivity index (χ0) is 11.5. The van der Waals surface area contributed by atoms with Crippen molar-refractivity contribution in [3.05, 3.63) is 0 Å². The summed E-state index contributed by atoms with van der Waals surface area (Å²) in [6, 6.07) is 0. The Labute approximate surface area is 94.8 Å². The molecule has 2 fully saturated rings. The van der Waals surface area contributed by atoms with Gasteiger partial charge in [-0.05, 0) is 55.3 Å². The van der Waals surface area contributed by atoms with Crippen LogP contribution >= 0.6 is 0 Å². The lowest BCUT2D eigenvalue weighted by atomic mass is 9.47. The molecule has 0 aromatic carbocycles. The molecule has 2 N–H and O–H groups in total. The standard InChI is InChI=1S/C14H27N/c1-11(2)6-12(3)8-13(4,7-11)10-14(5,15)9-12/h6-10,15H2,1-5H3. The van der Waals surface area contributed by atoms with Crippen LogP contribution < -0.4 is 5.73 Å². The third-order valence-electron chi connectivity index (χ3n) is 4.33. The van der Waals surface area contributed by atoms with Crippen LogP contribution in [-0.2, 0) is 0 Å². The van der Waals surface area contributed by atoms with Crippen molar-refractivity contribution in [3.63, 3.8) is 0 Å². The molecule has 2 saturated carbocycles. The van der Waals surface area contributed by atoms with Crippen LogP contribution in [0.1, 0.15) is 66.7 Å². The second-order valence-electron chi connectivity index (χ2n) is 8.32. The predicted octanol–water partition coefficient (Wildman–Crippen LogP) is 3.72. The molecule has 0 aliphatic heterocycles. The summed E-state index contributed by atoms with van der Waals surface area (Å²) in [5.74, 6) is 0. The van der Waals surface area contributed by atoms with Gasteiger partial charge in [-0.25, -0.2) is 0 Å². The molecule has 0 spiro atoms. The van der Waals surface area contributed by atoms with Gasteiger partial charge in [0.05, 0.1) is 0 Å². The lowest BCUT2D eigenvalue weighted by Gasteiger charge is -2.60. The molecule has 15 heavy (non-hydrogen) atoms. The second kappa shape index (κ2) is 2.80. The molecule has 0 saturated heterocycles. The van der Waals surface area contributed by atoms with Crippen molar-refractivity contribution in [2.75, 3.05) is 0 Å². The molecule has 0 aromatic rings. The molecule has 88 valence electrons. The normalized spacial score (nSPS) is 54.0. The molecule has 0 heterocycles. The summed E-state index contributed by atoms with van der Waals surface area (Å²) >= 11 is 0. The van der Waals surface area contributed by atoms with Gasteiger partial charge in [0.1, 0.15) is 0 Å². The first kappa shape index (κ1) is 11.4. The lowest BCUT2D eigenvalue weighted by molar-refractivity contribution is -0.0708. The number of nitrogens with two attached hydrogens (primary N) is 1. The lowest BCUT2D eigenvalue weighted by Crippen LogP contribution is -2.56. The van der Waals surface area contributed by atoms with Gasteiger partial charge in [0.15, 0.2) is 0 Å². The van der Waals surface area contributed by atoms with Crippen molar-refractivity contribution in [1.82, 2.24) is 0 Å². The third-order valence-corrected chi connectivity index (χ3v) is 4.33. The maximum absolute atomic E-state index is 6.43. The Morgan fingerprint density at radius 2 is 1.07 bits per heavy atom. The van der Waals surface area contributed by atoms with Crippen molar-refractivity contribution in [2.24, 2.45) is 22.0 Å². The van der Waals surface area contributed by atoms with Crippen molar-refractivity contribution in [1.29, 1.82) is 0 Å². The van der Waals surface area contributed by atoms with E-state index in [1.165, 1.54) is 32.1 Å². The number of rotatable bonds is 0. The molecule has 2 aliphatic rings. The van der Waals surface area contributed by atoms with Crippen LogP contribution in [-0.4, -0.2) is 5.54 Å². The second-order valence-corrected chi connectivity index (χ2v) is 8.32. The Balaban J connectivity index is 2.33. The van der Waals surface area contributed by atoms with Gasteiger partial charge in [-0.3, -0.25) is 0 Å². The highest BCUT2D eigenvalue weighted by molar-refractivity contribution is 5.07. The smallest absolute Gasteiger partial charge is 0.0136 e. The first-order valence-electron chi connectivity index (χ1n) is 6.32. The molecular formula is C14H27N. The van der Waals surface area contributed by atoms with Gasteiger partial charge in [-0.1, -0.05) is 27.7 Å². The Kier molecular flexibility index (Phi) is 2.13. The van der Waals surface area contributed by atoms with Crippen LogP contribution in [0.5, 0.6) is 0 Å². The Morgan fingerprint density at radius 1 is 0.667 bits per heavy atom. The van der Waals surface area contributed by atoms with E-state index < -0.39 is 0 Å². The maximum atomic E-state index is 6.43. The summed E-state index contributed by atoms with van der Waals surface area (Å²) in [4.78, 5) is 0. The molecule has 2 rings (SSSR count). The summed E-state index contributed by atoms with van der Waals surface area (Å²) in [7, 11) is 0. The SMILES string of the molecule is CC1(C)CC2(C)CC(C)(N)CC(C)(C1)C2. The van der Waals surface area contributed by atoms with E-state index in [0.29, 0.717) is 16.2 Å². The van der Waals surface area contributed by atoms with Crippen LogP contribution in [0.4, 0.5) is 0 Å². The Morgan fingerprint density at radius 3 is 1.47 bits per heavy atom. The van der Waals surface area contributed by atoms with E-state index in [2.05, 4.69) is 34.6 Å². The van der Waals surface area contributed by atoms with Crippen molar-refractivity contribution >= 4 is 0 Å². The molecule has 0 radical (unpaired) electrons. The number of fused-ring (bicyclic) bond motifs is 2. The van der Waals surface area contributed by atoms with E-state index >= 15 is 0 Å². The average Bonchev–Trinajstić information content (AvgIpc) is 1.67. The van der Waals surface area contributed by atoms with Crippen LogP contribution in [0.2, 0.25) is 0 Å².